The van der Waals surface area contributed by atoms with Gasteiger partial charge in [-0.05, 0) is 84.9 Å². The Labute approximate surface area is 281 Å². The van der Waals surface area contributed by atoms with Crippen LogP contribution in [-0.2, 0) is 19.0 Å². The molecule has 0 aromatic heterocycles. The Morgan fingerprint density at radius 3 is 2.30 bits per heavy atom. The number of methoxy groups -OCH3 is 2. The number of carbonyl (C=O) groups excluding carboxylic acids is 3. The maximum absolute atomic E-state index is 14.1. The second kappa shape index (κ2) is 16.9. The van der Waals surface area contributed by atoms with Crippen LogP contribution in [0.2, 0.25) is 0 Å². The summed E-state index contributed by atoms with van der Waals surface area (Å²) in [5.41, 5.74) is -0.125. The monoisotopic (exact) mass is 659 g/mol. The molecule has 3 aliphatic rings. The number of hydrogen-bond acceptors (Lipinski definition) is 8. The minimum atomic E-state index is -0.627. The highest BCUT2D eigenvalue weighted by Crippen LogP contribution is 2.35. The van der Waals surface area contributed by atoms with Crippen molar-refractivity contribution in [2.75, 3.05) is 60.2 Å². The van der Waals surface area contributed by atoms with Gasteiger partial charge >= 0.3 is 6.09 Å². The average molecular weight is 660 g/mol. The van der Waals surface area contributed by atoms with Gasteiger partial charge in [-0.25, -0.2) is 4.79 Å². The van der Waals surface area contributed by atoms with Gasteiger partial charge in [0.2, 0.25) is 5.91 Å². The van der Waals surface area contributed by atoms with Crippen molar-refractivity contribution < 1.29 is 38.1 Å². The van der Waals surface area contributed by atoms with Crippen LogP contribution in [0.1, 0.15) is 89.9 Å². The third-order valence-electron chi connectivity index (χ3n) is 9.12. The summed E-state index contributed by atoms with van der Waals surface area (Å²) in [4.78, 5) is 46.7. The molecule has 0 bridgehead atoms. The summed E-state index contributed by atoms with van der Waals surface area (Å²) in [6.07, 6.45) is 5.76. The predicted molar refractivity (Wildman–Crippen MR) is 179 cm³/mol. The van der Waals surface area contributed by atoms with Crippen LogP contribution in [0.5, 0.6) is 11.5 Å². The van der Waals surface area contributed by atoms with Gasteiger partial charge in [0, 0.05) is 82.4 Å². The Hall–Kier alpha value is -3.05. The fourth-order valence-corrected chi connectivity index (χ4v) is 6.46. The fraction of sp³-hybridized carbons (Fsp3) is 0.750. The van der Waals surface area contributed by atoms with E-state index < -0.39 is 5.60 Å². The summed E-state index contributed by atoms with van der Waals surface area (Å²) in [5, 5.41) is 0. The number of rotatable bonds is 15. The van der Waals surface area contributed by atoms with Gasteiger partial charge in [0.1, 0.15) is 5.60 Å². The quantitative estimate of drug-likeness (QED) is 0.231. The van der Waals surface area contributed by atoms with Crippen molar-refractivity contribution in [3.05, 3.63) is 23.8 Å². The molecule has 1 saturated carbocycles. The molecule has 11 nitrogen and oxygen atoms in total. The van der Waals surface area contributed by atoms with Crippen LogP contribution in [0.3, 0.4) is 0 Å². The van der Waals surface area contributed by atoms with Crippen LogP contribution >= 0.6 is 0 Å². The third-order valence-corrected chi connectivity index (χ3v) is 9.12. The zero-order chi connectivity index (χ0) is 34.1. The van der Waals surface area contributed by atoms with E-state index >= 15 is 0 Å². The topological polar surface area (TPSA) is 107 Å². The highest BCUT2D eigenvalue weighted by molar-refractivity contribution is 5.95. The maximum atomic E-state index is 14.1. The Balaban J connectivity index is 1.53. The molecule has 3 amide bonds. The number of benzene rings is 1. The molecular weight excluding hydrogens is 602 g/mol. The van der Waals surface area contributed by atoms with Crippen molar-refractivity contribution in [2.24, 2.45) is 11.8 Å². The average Bonchev–Trinajstić information content (AvgIpc) is 3.79. The van der Waals surface area contributed by atoms with Crippen molar-refractivity contribution >= 4 is 17.9 Å². The molecule has 47 heavy (non-hydrogen) atoms. The molecule has 264 valence electrons. The molecule has 4 rings (SSSR count). The smallest absolute Gasteiger partial charge is 0.410 e. The molecule has 2 heterocycles. The van der Waals surface area contributed by atoms with E-state index in [9.17, 15) is 14.4 Å². The summed E-state index contributed by atoms with van der Waals surface area (Å²) in [6, 6.07) is 5.39. The van der Waals surface area contributed by atoms with E-state index in [1.54, 1.807) is 37.3 Å². The molecule has 2 aliphatic heterocycles. The van der Waals surface area contributed by atoms with Gasteiger partial charge in [-0.2, -0.15) is 0 Å². The zero-order valence-corrected chi connectivity index (χ0v) is 29.6. The number of hydrogen-bond donors (Lipinski definition) is 0. The molecule has 11 heteroatoms. The van der Waals surface area contributed by atoms with Crippen molar-refractivity contribution in [1.29, 1.82) is 0 Å². The lowest BCUT2D eigenvalue weighted by Crippen LogP contribution is -2.45. The highest BCUT2D eigenvalue weighted by Gasteiger charge is 2.43. The normalized spacial score (nSPS) is 21.4. The number of amides is 3. The van der Waals surface area contributed by atoms with Crippen molar-refractivity contribution in [2.45, 2.75) is 103 Å². The summed E-state index contributed by atoms with van der Waals surface area (Å²) >= 11 is 0. The van der Waals surface area contributed by atoms with Crippen LogP contribution in [-0.4, -0.2) is 117 Å². The van der Waals surface area contributed by atoms with Gasteiger partial charge in [-0.1, -0.05) is 0 Å². The van der Waals surface area contributed by atoms with Crippen LogP contribution < -0.4 is 9.47 Å². The first-order chi connectivity index (χ1) is 22.4. The first-order valence-corrected chi connectivity index (χ1v) is 17.4. The Morgan fingerprint density at radius 2 is 1.70 bits per heavy atom. The molecule has 3 fully saturated rings. The lowest BCUT2D eigenvalue weighted by molar-refractivity contribution is -0.136. The largest absolute Gasteiger partial charge is 0.493 e. The predicted octanol–water partition coefficient (Wildman–Crippen LogP) is 5.39. The number of ether oxygens (including phenoxy) is 5. The van der Waals surface area contributed by atoms with E-state index in [-0.39, 0.29) is 47.9 Å². The van der Waals surface area contributed by atoms with Crippen molar-refractivity contribution in [3.8, 4) is 11.5 Å². The standard InChI is InChI=1S/C36H57N3O8/c1-25(2)38(34(41)26-12-15-31(44-7)32(19-26)46-18-10-16-43-6)23-27-21-37(35(42)47-36(3,4)5)22-28(27)24-39(29-13-14-29)33(40)20-30-11-8-9-17-45-30/h12,15,19,25,27-30H,8-11,13-14,16-18,20-24H2,1-7H3/t27-,28-,30+/m0/s1. The van der Waals surface area contributed by atoms with E-state index in [1.807, 2.05) is 44.4 Å². The maximum Gasteiger partial charge on any atom is 0.410 e. The van der Waals surface area contributed by atoms with Gasteiger partial charge in [0.15, 0.2) is 11.5 Å². The van der Waals surface area contributed by atoms with Crippen LogP contribution in [0.4, 0.5) is 4.79 Å². The molecule has 0 unspecified atom stereocenters. The van der Waals surface area contributed by atoms with Gasteiger partial charge in [-0.3, -0.25) is 9.59 Å². The van der Waals surface area contributed by atoms with Crippen LogP contribution in [0.15, 0.2) is 18.2 Å². The third kappa shape index (κ3) is 10.7. The van der Waals surface area contributed by atoms with E-state index in [0.717, 1.165) is 32.1 Å². The molecule has 0 radical (unpaired) electrons. The second-order valence-electron chi connectivity index (χ2n) is 14.5. The fourth-order valence-electron chi connectivity index (χ4n) is 6.46. The second-order valence-corrected chi connectivity index (χ2v) is 14.5. The number of carbonyl (C=O) groups is 3. The summed E-state index contributed by atoms with van der Waals surface area (Å²) < 4.78 is 28.2. The van der Waals surface area contributed by atoms with E-state index in [2.05, 4.69) is 0 Å². The van der Waals surface area contributed by atoms with E-state index in [4.69, 9.17) is 23.7 Å². The van der Waals surface area contributed by atoms with E-state index in [1.165, 1.54) is 0 Å². The van der Waals surface area contributed by atoms with Crippen LogP contribution in [0, 0.1) is 11.8 Å². The highest BCUT2D eigenvalue weighted by atomic mass is 16.6. The first-order valence-electron chi connectivity index (χ1n) is 17.4. The van der Waals surface area contributed by atoms with Gasteiger partial charge < -0.3 is 38.4 Å². The van der Waals surface area contributed by atoms with E-state index in [0.29, 0.717) is 75.9 Å². The molecular formula is C36H57N3O8. The zero-order valence-electron chi connectivity index (χ0n) is 29.6. The minimum Gasteiger partial charge on any atom is -0.493 e. The Morgan fingerprint density at radius 1 is 0.979 bits per heavy atom. The first kappa shape index (κ1) is 36.8. The van der Waals surface area contributed by atoms with Crippen LogP contribution in [0.25, 0.3) is 0 Å². The SMILES string of the molecule is COCCCOc1cc(C(=O)N(C[C@@H]2CN(C(=O)OC(C)(C)C)C[C@H]2CN(C(=O)C[C@H]2CCCCO2)C2CC2)C(C)C)ccc1OC. The lowest BCUT2D eigenvalue weighted by atomic mass is 9.93. The Kier molecular flexibility index (Phi) is 13.2. The molecule has 1 aliphatic carbocycles. The molecule has 3 atom stereocenters. The lowest BCUT2D eigenvalue weighted by Gasteiger charge is -2.34. The number of nitrogens with zero attached hydrogens (tertiary/aromatic N) is 3. The summed E-state index contributed by atoms with van der Waals surface area (Å²) in [6.45, 7) is 13.2. The molecule has 0 spiro atoms. The molecule has 2 saturated heterocycles. The van der Waals surface area contributed by atoms with Gasteiger partial charge in [0.25, 0.3) is 5.91 Å². The van der Waals surface area contributed by atoms with Crippen molar-refractivity contribution in [3.63, 3.8) is 0 Å². The molecule has 0 N–H and O–H groups in total. The van der Waals surface area contributed by atoms with Gasteiger partial charge in [0.05, 0.1) is 26.2 Å². The number of likely N-dealkylation sites (tertiary alicyclic amines) is 1. The van der Waals surface area contributed by atoms with Gasteiger partial charge in [-0.15, -0.1) is 0 Å². The minimum absolute atomic E-state index is 0.0102. The summed E-state index contributed by atoms with van der Waals surface area (Å²) in [5.74, 6) is 1.02. The molecule has 1 aromatic carbocycles. The Bertz CT molecular complexity index is 1190. The van der Waals surface area contributed by atoms with Crippen molar-refractivity contribution in [1.82, 2.24) is 14.7 Å². The molecule has 1 aromatic rings. The summed E-state index contributed by atoms with van der Waals surface area (Å²) in [7, 11) is 3.23.